The van der Waals surface area contributed by atoms with Crippen molar-refractivity contribution in [3.8, 4) is 17.6 Å². The fraction of sp³-hybridized carbons (Fsp3) is 0.435. The van der Waals surface area contributed by atoms with E-state index in [1.165, 1.54) is 0 Å². The maximum atomic E-state index is 13.4. The molecule has 0 saturated carbocycles. The van der Waals surface area contributed by atoms with E-state index in [0.29, 0.717) is 25.1 Å². The van der Waals surface area contributed by atoms with Crippen LogP contribution in [-0.2, 0) is 11.3 Å². The summed E-state index contributed by atoms with van der Waals surface area (Å²) in [7, 11) is 0. The molecule has 0 spiro atoms. The molecule has 154 valence electrons. The van der Waals surface area contributed by atoms with E-state index in [1.54, 1.807) is 0 Å². The second-order valence-electron chi connectivity index (χ2n) is 8.90. The van der Waals surface area contributed by atoms with Crippen molar-refractivity contribution in [2.75, 3.05) is 12.1 Å². The average Bonchev–Trinajstić information content (AvgIpc) is 3.27. The van der Waals surface area contributed by atoms with Gasteiger partial charge in [-0.1, -0.05) is 26.0 Å². The van der Waals surface area contributed by atoms with Crippen molar-refractivity contribution in [1.82, 2.24) is 9.78 Å². The van der Waals surface area contributed by atoms with E-state index >= 15 is 0 Å². The van der Waals surface area contributed by atoms with Crippen LogP contribution in [0.3, 0.4) is 0 Å². The zero-order valence-electron chi connectivity index (χ0n) is 17.4. The third-order valence-electron chi connectivity index (χ3n) is 6.13. The van der Waals surface area contributed by atoms with E-state index < -0.39 is 0 Å². The van der Waals surface area contributed by atoms with Crippen molar-refractivity contribution in [2.24, 2.45) is 11.3 Å². The lowest BCUT2D eigenvalue weighted by Crippen LogP contribution is -2.39. The van der Waals surface area contributed by atoms with E-state index in [9.17, 15) is 4.79 Å². The van der Waals surface area contributed by atoms with Gasteiger partial charge in [-0.15, -0.1) is 0 Å². The predicted molar refractivity (Wildman–Crippen MR) is 110 cm³/mol. The maximum absolute atomic E-state index is 13.4. The Morgan fingerprint density at radius 1 is 1.30 bits per heavy atom. The summed E-state index contributed by atoms with van der Waals surface area (Å²) in [6.45, 7) is 6.85. The first-order valence-corrected chi connectivity index (χ1v) is 10.2. The van der Waals surface area contributed by atoms with Gasteiger partial charge < -0.3 is 14.8 Å². The van der Waals surface area contributed by atoms with Crippen LogP contribution in [0.1, 0.15) is 49.4 Å². The predicted octanol–water partition coefficient (Wildman–Crippen LogP) is 3.89. The van der Waals surface area contributed by atoms with Crippen LogP contribution in [0.2, 0.25) is 0 Å². The number of rotatable bonds is 3. The molecular weight excluding hydrogens is 380 g/mol. The van der Waals surface area contributed by atoms with Gasteiger partial charge in [0.05, 0.1) is 30.6 Å². The molecule has 0 bridgehead atoms. The van der Waals surface area contributed by atoms with Gasteiger partial charge in [0.1, 0.15) is 11.6 Å². The van der Waals surface area contributed by atoms with Crippen molar-refractivity contribution >= 4 is 11.6 Å². The largest absolute Gasteiger partial charge is 0.454 e. The first-order chi connectivity index (χ1) is 14.4. The van der Waals surface area contributed by atoms with E-state index in [4.69, 9.17) is 19.8 Å². The Morgan fingerprint density at radius 3 is 2.90 bits per heavy atom. The Balaban J connectivity index is 1.70. The monoisotopic (exact) mass is 404 g/mol. The number of aromatic nitrogens is 2. The number of ketones is 1. The summed E-state index contributed by atoms with van der Waals surface area (Å²) in [5.74, 6) is 2.07. The standard InChI is InChI=1S/C23H24N4O3/c1-13-19-20(14-5-6-17-18(9-14)30-12-29-17)21-15(10-23(2,3)11-16(21)28)25-22(19)27(26-13)8-4-7-24/h5-6,9-10,20-21,25H,4,8,11-12H2,1-3H3/t20-,21+/m0/s1. The number of benzene rings is 1. The van der Waals surface area contributed by atoms with Crippen LogP contribution in [0.15, 0.2) is 30.0 Å². The minimum absolute atomic E-state index is 0.165. The number of fused-ring (bicyclic) bond motifs is 3. The highest BCUT2D eigenvalue weighted by atomic mass is 16.7. The molecule has 1 aliphatic carbocycles. The average molecular weight is 404 g/mol. The third kappa shape index (κ3) is 2.86. The fourth-order valence-electron chi connectivity index (χ4n) is 4.96. The molecule has 1 aromatic carbocycles. The lowest BCUT2D eigenvalue weighted by molar-refractivity contribution is -0.124. The molecule has 0 saturated heterocycles. The summed E-state index contributed by atoms with van der Waals surface area (Å²) in [4.78, 5) is 13.4. The van der Waals surface area contributed by atoms with E-state index in [0.717, 1.165) is 34.1 Å². The van der Waals surface area contributed by atoms with E-state index in [-0.39, 0.29) is 29.8 Å². The zero-order valence-corrected chi connectivity index (χ0v) is 17.4. The minimum Gasteiger partial charge on any atom is -0.454 e. The lowest BCUT2D eigenvalue weighted by atomic mass is 9.67. The molecule has 2 aliphatic heterocycles. The number of hydrogen-bond donors (Lipinski definition) is 1. The topological polar surface area (TPSA) is 89.2 Å². The highest BCUT2D eigenvalue weighted by Crippen LogP contribution is 2.51. The lowest BCUT2D eigenvalue weighted by Gasteiger charge is -2.40. The second kappa shape index (κ2) is 6.63. The van der Waals surface area contributed by atoms with Crippen molar-refractivity contribution in [3.05, 3.63) is 46.8 Å². The van der Waals surface area contributed by atoms with Crippen LogP contribution < -0.4 is 14.8 Å². The molecule has 7 nitrogen and oxygen atoms in total. The number of carbonyl (C=O) groups is 1. The van der Waals surface area contributed by atoms with Crippen LogP contribution in [-0.4, -0.2) is 22.4 Å². The van der Waals surface area contributed by atoms with Crippen LogP contribution in [0.4, 0.5) is 5.82 Å². The van der Waals surface area contributed by atoms with Gasteiger partial charge >= 0.3 is 0 Å². The molecule has 0 fully saturated rings. The van der Waals surface area contributed by atoms with E-state index in [2.05, 4.69) is 31.3 Å². The SMILES string of the molecule is Cc1nn(CCC#N)c2c1[C@H](c1ccc3c(c1)OCO3)[C@H]1C(=O)CC(C)(C)C=C1N2. The summed E-state index contributed by atoms with van der Waals surface area (Å²) < 4.78 is 12.9. The van der Waals surface area contributed by atoms with Crippen molar-refractivity contribution in [1.29, 1.82) is 5.26 Å². The van der Waals surface area contributed by atoms with Crippen LogP contribution in [0.25, 0.3) is 0 Å². The molecule has 1 aromatic heterocycles. The van der Waals surface area contributed by atoms with Crippen LogP contribution >= 0.6 is 0 Å². The Hall–Kier alpha value is -3.27. The summed E-state index contributed by atoms with van der Waals surface area (Å²) >= 11 is 0. The van der Waals surface area contributed by atoms with Gasteiger partial charge in [-0.2, -0.15) is 10.4 Å². The van der Waals surface area contributed by atoms with E-state index in [1.807, 2.05) is 29.8 Å². The van der Waals surface area contributed by atoms with Crippen LogP contribution in [0.5, 0.6) is 11.5 Å². The highest BCUT2D eigenvalue weighted by Gasteiger charge is 2.46. The third-order valence-corrected chi connectivity index (χ3v) is 6.13. The quantitative estimate of drug-likeness (QED) is 0.835. The number of nitrogens with zero attached hydrogens (tertiary/aromatic N) is 3. The summed E-state index contributed by atoms with van der Waals surface area (Å²) in [6, 6.07) is 8.11. The fourth-order valence-corrected chi connectivity index (χ4v) is 4.96. The molecule has 2 atom stereocenters. The van der Waals surface area contributed by atoms with Gasteiger partial charge in [-0.3, -0.25) is 4.79 Å². The number of anilines is 1. The molecule has 3 aliphatic rings. The Kier molecular flexibility index (Phi) is 4.14. The summed E-state index contributed by atoms with van der Waals surface area (Å²) in [5, 5.41) is 17.3. The second-order valence-corrected chi connectivity index (χ2v) is 8.90. The highest BCUT2D eigenvalue weighted by molar-refractivity contribution is 5.90. The zero-order chi connectivity index (χ0) is 21.0. The molecule has 2 aromatic rings. The van der Waals surface area contributed by atoms with Gasteiger partial charge in [0.25, 0.3) is 0 Å². The molecule has 0 unspecified atom stereocenters. The number of carbonyl (C=O) groups excluding carboxylic acids is 1. The normalized spacial score (nSPS) is 23.1. The molecule has 3 heterocycles. The Bertz CT molecular complexity index is 1120. The van der Waals surface area contributed by atoms with Crippen molar-refractivity contribution < 1.29 is 14.3 Å². The number of nitrogens with one attached hydrogen (secondary N) is 1. The molecule has 5 rings (SSSR count). The van der Waals surface area contributed by atoms with Crippen LogP contribution in [0, 0.1) is 29.6 Å². The number of Topliss-reactive ketones (excluding diaryl/α,β-unsaturated/α-hetero) is 1. The summed E-state index contributed by atoms with van der Waals surface area (Å²) in [5.41, 5.74) is 3.61. The Morgan fingerprint density at radius 2 is 2.10 bits per heavy atom. The number of aryl methyl sites for hydroxylation is 2. The number of hydrogen-bond acceptors (Lipinski definition) is 6. The minimum atomic E-state index is -0.293. The molecule has 0 amide bonds. The number of nitriles is 1. The maximum Gasteiger partial charge on any atom is 0.231 e. The van der Waals surface area contributed by atoms with Gasteiger partial charge in [-0.25, -0.2) is 4.68 Å². The van der Waals surface area contributed by atoms with Gasteiger partial charge in [0.2, 0.25) is 6.79 Å². The molecule has 7 heteroatoms. The van der Waals surface area contributed by atoms with Gasteiger partial charge in [0, 0.05) is 23.6 Å². The number of allylic oxidation sites excluding steroid dienone is 2. The first kappa shape index (κ1) is 18.7. The van der Waals surface area contributed by atoms with Gasteiger partial charge in [0.15, 0.2) is 11.5 Å². The van der Waals surface area contributed by atoms with Crippen molar-refractivity contribution in [3.63, 3.8) is 0 Å². The molecule has 1 N–H and O–H groups in total. The first-order valence-electron chi connectivity index (χ1n) is 10.2. The summed E-state index contributed by atoms with van der Waals surface area (Å²) in [6.07, 6.45) is 3.05. The molecule has 30 heavy (non-hydrogen) atoms. The van der Waals surface area contributed by atoms with Gasteiger partial charge in [-0.05, 0) is 30.0 Å². The number of ether oxygens (including phenoxy) is 2. The molecular formula is C23H24N4O3. The van der Waals surface area contributed by atoms with Crippen molar-refractivity contribution in [2.45, 2.75) is 46.1 Å². The molecule has 0 radical (unpaired) electrons. The smallest absolute Gasteiger partial charge is 0.231 e. The Labute approximate surface area is 175 Å².